The summed E-state index contributed by atoms with van der Waals surface area (Å²) >= 11 is 0. The van der Waals surface area contributed by atoms with E-state index in [1.807, 2.05) is 0 Å². The van der Waals surface area contributed by atoms with Gasteiger partial charge in [-0.15, -0.1) is 0 Å². The lowest BCUT2D eigenvalue weighted by atomic mass is 10.2. The SMILES string of the molecule is C1CCCOCC1.C1CCOC1.C1CCOCC1. The summed E-state index contributed by atoms with van der Waals surface area (Å²) in [4.78, 5) is 0. The molecule has 3 saturated heterocycles. The summed E-state index contributed by atoms with van der Waals surface area (Å²) in [5.41, 5.74) is 0. The molecule has 0 bridgehead atoms. The van der Waals surface area contributed by atoms with Crippen LogP contribution in [-0.4, -0.2) is 39.6 Å². The van der Waals surface area contributed by atoms with Crippen molar-refractivity contribution in [2.45, 2.75) is 57.8 Å². The van der Waals surface area contributed by atoms with Crippen LogP contribution in [0.4, 0.5) is 0 Å². The molecule has 0 unspecified atom stereocenters. The Morgan fingerprint density at radius 3 is 0.722 bits per heavy atom. The number of hydrogen-bond donors (Lipinski definition) is 0. The average Bonchev–Trinajstić information content (AvgIpc) is 2.90. The summed E-state index contributed by atoms with van der Waals surface area (Å²) in [5.74, 6) is 0. The lowest BCUT2D eigenvalue weighted by Crippen LogP contribution is -2.03. The second-order valence-corrected chi connectivity index (χ2v) is 5.02. The van der Waals surface area contributed by atoms with E-state index < -0.39 is 0 Å². The van der Waals surface area contributed by atoms with Gasteiger partial charge in [0.25, 0.3) is 0 Å². The molecule has 3 heterocycles. The fourth-order valence-corrected chi connectivity index (χ4v) is 2.06. The maximum absolute atomic E-state index is 5.19. The second-order valence-electron chi connectivity index (χ2n) is 5.02. The summed E-state index contributed by atoms with van der Waals surface area (Å²) in [6.07, 6.45) is 11.8. The largest absolute Gasteiger partial charge is 0.381 e. The Kier molecular flexibility index (Phi) is 11.8. The molecule has 0 spiro atoms. The molecule has 0 aromatic rings. The van der Waals surface area contributed by atoms with E-state index >= 15 is 0 Å². The molecule has 0 saturated carbocycles. The Bertz CT molecular complexity index is 115. The van der Waals surface area contributed by atoms with E-state index in [-0.39, 0.29) is 0 Å². The van der Waals surface area contributed by atoms with Crippen LogP contribution >= 0.6 is 0 Å². The van der Waals surface area contributed by atoms with Gasteiger partial charge in [-0.1, -0.05) is 12.8 Å². The smallest absolute Gasteiger partial charge is 0.0466 e. The highest BCUT2D eigenvalue weighted by Crippen LogP contribution is 2.04. The van der Waals surface area contributed by atoms with Gasteiger partial charge in [0.2, 0.25) is 0 Å². The highest BCUT2D eigenvalue weighted by atomic mass is 16.5. The molecule has 3 rings (SSSR count). The van der Waals surface area contributed by atoms with Gasteiger partial charge in [0.1, 0.15) is 0 Å². The van der Waals surface area contributed by atoms with E-state index in [2.05, 4.69) is 0 Å². The molecule has 108 valence electrons. The third-order valence-corrected chi connectivity index (χ3v) is 3.23. The first kappa shape index (κ1) is 15.9. The minimum absolute atomic E-state index is 1.00. The highest BCUT2D eigenvalue weighted by Gasteiger charge is 1.96. The molecule has 3 aliphatic heterocycles. The Labute approximate surface area is 112 Å². The molecule has 3 heteroatoms. The minimum Gasteiger partial charge on any atom is -0.381 e. The van der Waals surface area contributed by atoms with Gasteiger partial charge in [-0.05, 0) is 44.9 Å². The van der Waals surface area contributed by atoms with Crippen LogP contribution < -0.4 is 0 Å². The number of ether oxygens (including phenoxy) is 3. The highest BCUT2D eigenvalue weighted by molar-refractivity contribution is 4.46. The fourth-order valence-electron chi connectivity index (χ4n) is 2.06. The van der Waals surface area contributed by atoms with Crippen LogP contribution in [-0.2, 0) is 14.2 Å². The minimum atomic E-state index is 1.00. The molecule has 3 fully saturated rings. The van der Waals surface area contributed by atoms with Crippen molar-refractivity contribution in [1.29, 1.82) is 0 Å². The molecule has 3 aliphatic rings. The van der Waals surface area contributed by atoms with Crippen molar-refractivity contribution in [3.05, 3.63) is 0 Å². The van der Waals surface area contributed by atoms with Crippen molar-refractivity contribution in [1.82, 2.24) is 0 Å². The van der Waals surface area contributed by atoms with Gasteiger partial charge in [0, 0.05) is 39.6 Å². The maximum atomic E-state index is 5.19. The molecule has 0 radical (unpaired) electrons. The Hall–Kier alpha value is -0.120. The Morgan fingerprint density at radius 2 is 0.500 bits per heavy atom. The first-order chi connectivity index (χ1) is 9.00. The van der Waals surface area contributed by atoms with Crippen LogP contribution in [0.3, 0.4) is 0 Å². The van der Waals surface area contributed by atoms with Crippen LogP contribution in [0.2, 0.25) is 0 Å². The molecule has 0 aliphatic carbocycles. The van der Waals surface area contributed by atoms with Crippen molar-refractivity contribution < 1.29 is 14.2 Å². The zero-order chi connectivity index (χ0) is 12.7. The fraction of sp³-hybridized carbons (Fsp3) is 1.00. The summed E-state index contributed by atoms with van der Waals surface area (Å²) < 4.78 is 15.2. The molecule has 0 atom stereocenters. The first-order valence-electron chi connectivity index (χ1n) is 7.73. The normalized spacial score (nSPS) is 24.0. The van der Waals surface area contributed by atoms with Gasteiger partial charge >= 0.3 is 0 Å². The van der Waals surface area contributed by atoms with Crippen LogP contribution in [0.25, 0.3) is 0 Å². The van der Waals surface area contributed by atoms with Gasteiger partial charge < -0.3 is 14.2 Å². The van der Waals surface area contributed by atoms with Gasteiger partial charge in [-0.3, -0.25) is 0 Å². The van der Waals surface area contributed by atoms with Crippen molar-refractivity contribution in [2.75, 3.05) is 39.6 Å². The van der Waals surface area contributed by atoms with Gasteiger partial charge in [-0.25, -0.2) is 0 Å². The zero-order valence-corrected chi connectivity index (χ0v) is 11.8. The molecular formula is C15H30O3. The lowest BCUT2D eigenvalue weighted by molar-refractivity contribution is 0.0968. The maximum Gasteiger partial charge on any atom is 0.0466 e. The Morgan fingerprint density at radius 1 is 0.278 bits per heavy atom. The third-order valence-electron chi connectivity index (χ3n) is 3.23. The van der Waals surface area contributed by atoms with Crippen molar-refractivity contribution in [3.8, 4) is 0 Å². The van der Waals surface area contributed by atoms with Crippen molar-refractivity contribution >= 4 is 0 Å². The average molecular weight is 258 g/mol. The van der Waals surface area contributed by atoms with Crippen LogP contribution in [0.1, 0.15) is 57.8 Å². The van der Waals surface area contributed by atoms with Crippen LogP contribution in [0.5, 0.6) is 0 Å². The van der Waals surface area contributed by atoms with E-state index in [1.54, 1.807) is 0 Å². The summed E-state index contributed by atoms with van der Waals surface area (Å²) in [5, 5.41) is 0. The molecule has 3 nitrogen and oxygen atoms in total. The van der Waals surface area contributed by atoms with Gasteiger partial charge in [0.05, 0.1) is 0 Å². The number of rotatable bonds is 0. The predicted molar refractivity (Wildman–Crippen MR) is 74.0 cm³/mol. The predicted octanol–water partition coefficient (Wildman–Crippen LogP) is 3.56. The monoisotopic (exact) mass is 258 g/mol. The summed E-state index contributed by atoms with van der Waals surface area (Å²) in [7, 11) is 0. The molecule has 0 amide bonds. The van der Waals surface area contributed by atoms with Gasteiger partial charge in [0.15, 0.2) is 0 Å². The van der Waals surface area contributed by atoms with Crippen LogP contribution in [0, 0.1) is 0 Å². The molecular weight excluding hydrogens is 228 g/mol. The quantitative estimate of drug-likeness (QED) is 0.665. The lowest BCUT2D eigenvalue weighted by Gasteiger charge is -2.08. The van der Waals surface area contributed by atoms with Crippen molar-refractivity contribution in [2.24, 2.45) is 0 Å². The molecule has 0 aromatic carbocycles. The molecule has 0 N–H and O–H groups in total. The third kappa shape index (κ3) is 11.0. The standard InChI is InChI=1S/C6H12O.C5H10O.C4H8O/c1-2-4-6-7-5-3-1;1-2-4-6-5-3-1;1-2-4-5-3-1/h1-6H2;1-5H2;1-4H2. The van der Waals surface area contributed by atoms with E-state index in [0.29, 0.717) is 0 Å². The number of hydrogen-bond acceptors (Lipinski definition) is 3. The van der Waals surface area contributed by atoms with Crippen LogP contribution in [0.15, 0.2) is 0 Å². The topological polar surface area (TPSA) is 27.7 Å². The van der Waals surface area contributed by atoms with E-state index in [4.69, 9.17) is 14.2 Å². The summed E-state index contributed by atoms with van der Waals surface area (Å²) in [6, 6.07) is 0. The molecule has 0 aromatic heterocycles. The van der Waals surface area contributed by atoms with Crippen molar-refractivity contribution in [3.63, 3.8) is 0 Å². The second kappa shape index (κ2) is 13.3. The van der Waals surface area contributed by atoms with Gasteiger partial charge in [-0.2, -0.15) is 0 Å². The summed E-state index contributed by atoms with van der Waals surface area (Å²) in [6.45, 7) is 6.00. The zero-order valence-electron chi connectivity index (χ0n) is 11.8. The first-order valence-corrected chi connectivity index (χ1v) is 7.73. The molecule has 18 heavy (non-hydrogen) atoms. The van der Waals surface area contributed by atoms with E-state index in [1.165, 1.54) is 57.8 Å². The Balaban J connectivity index is 0.000000137. The van der Waals surface area contributed by atoms with E-state index in [0.717, 1.165) is 39.6 Å². The van der Waals surface area contributed by atoms with E-state index in [9.17, 15) is 0 Å².